The Morgan fingerprint density at radius 3 is 2.72 bits per heavy atom. The van der Waals surface area contributed by atoms with Crippen molar-refractivity contribution in [2.24, 2.45) is 5.92 Å². The van der Waals surface area contributed by atoms with Gasteiger partial charge in [-0.3, -0.25) is 9.59 Å². The van der Waals surface area contributed by atoms with Crippen LogP contribution in [-0.2, 0) is 16.1 Å². The number of methoxy groups -OCH3 is 1. The molecular weight excluding hydrogens is 322 g/mol. The van der Waals surface area contributed by atoms with Crippen LogP contribution in [0.4, 0.5) is 5.69 Å². The number of amides is 2. The molecule has 0 saturated carbocycles. The van der Waals surface area contributed by atoms with Gasteiger partial charge >= 0.3 is 0 Å². The number of aromatic nitrogens is 1. The maximum absolute atomic E-state index is 12.6. The molecule has 1 saturated heterocycles. The molecule has 0 spiro atoms. The van der Waals surface area contributed by atoms with Gasteiger partial charge in [-0.15, -0.1) is 0 Å². The SMILES string of the molecule is COc1ccc(N2C[C@@H](C(=O)N(C)Cc3cc(C)on3)CC2=O)cc1. The van der Waals surface area contributed by atoms with Gasteiger partial charge in [-0.05, 0) is 31.2 Å². The summed E-state index contributed by atoms with van der Waals surface area (Å²) < 4.78 is 10.2. The number of carbonyl (C=O) groups excluding carboxylic acids is 2. The Bertz CT molecular complexity index is 769. The molecule has 0 radical (unpaired) electrons. The fourth-order valence-corrected chi connectivity index (χ4v) is 3.01. The number of hydrogen-bond donors (Lipinski definition) is 0. The molecule has 1 aromatic carbocycles. The van der Waals surface area contributed by atoms with E-state index in [4.69, 9.17) is 9.26 Å². The lowest BCUT2D eigenvalue weighted by atomic mass is 10.1. The zero-order chi connectivity index (χ0) is 18.0. The van der Waals surface area contributed by atoms with E-state index >= 15 is 0 Å². The number of hydrogen-bond acceptors (Lipinski definition) is 5. The summed E-state index contributed by atoms with van der Waals surface area (Å²) in [5.41, 5.74) is 1.47. The van der Waals surface area contributed by atoms with Crippen LogP contribution in [0, 0.1) is 12.8 Å². The lowest BCUT2D eigenvalue weighted by Gasteiger charge is -2.20. The van der Waals surface area contributed by atoms with Gasteiger partial charge in [-0.1, -0.05) is 5.16 Å². The van der Waals surface area contributed by atoms with Crippen molar-refractivity contribution in [1.29, 1.82) is 0 Å². The highest BCUT2D eigenvalue weighted by atomic mass is 16.5. The largest absolute Gasteiger partial charge is 0.497 e. The molecule has 1 aliphatic heterocycles. The molecule has 7 nitrogen and oxygen atoms in total. The standard InChI is InChI=1S/C18H21N3O4/c1-12-8-14(19-25-12)11-20(2)18(23)13-9-17(22)21(10-13)15-4-6-16(24-3)7-5-15/h4-8,13H,9-11H2,1-3H3/t13-/m0/s1. The monoisotopic (exact) mass is 343 g/mol. The number of aryl methyl sites for hydroxylation is 1. The van der Waals surface area contributed by atoms with Crippen LogP contribution in [0.3, 0.4) is 0 Å². The summed E-state index contributed by atoms with van der Waals surface area (Å²) in [5.74, 6) is 0.968. The van der Waals surface area contributed by atoms with E-state index in [0.29, 0.717) is 24.5 Å². The summed E-state index contributed by atoms with van der Waals surface area (Å²) in [7, 11) is 3.31. The number of ether oxygens (including phenoxy) is 1. The molecule has 1 aromatic heterocycles. The van der Waals surface area contributed by atoms with Crippen molar-refractivity contribution in [2.75, 3.05) is 25.6 Å². The van der Waals surface area contributed by atoms with Crippen molar-refractivity contribution < 1.29 is 18.8 Å². The van der Waals surface area contributed by atoms with Gasteiger partial charge in [0.15, 0.2) is 0 Å². The molecule has 0 N–H and O–H groups in total. The molecule has 0 bridgehead atoms. The summed E-state index contributed by atoms with van der Waals surface area (Å²) in [6, 6.07) is 9.05. The van der Waals surface area contributed by atoms with Gasteiger partial charge in [0.05, 0.1) is 19.6 Å². The third-order valence-electron chi connectivity index (χ3n) is 4.31. The van der Waals surface area contributed by atoms with E-state index < -0.39 is 0 Å². The van der Waals surface area contributed by atoms with E-state index in [2.05, 4.69) is 5.16 Å². The Morgan fingerprint density at radius 2 is 2.12 bits per heavy atom. The van der Waals surface area contributed by atoms with Crippen molar-refractivity contribution >= 4 is 17.5 Å². The number of benzene rings is 1. The van der Waals surface area contributed by atoms with Gasteiger partial charge in [-0.2, -0.15) is 0 Å². The fraction of sp³-hybridized carbons (Fsp3) is 0.389. The predicted molar refractivity (Wildman–Crippen MR) is 91.2 cm³/mol. The summed E-state index contributed by atoms with van der Waals surface area (Å²) in [6.45, 7) is 2.55. The zero-order valence-electron chi connectivity index (χ0n) is 14.6. The van der Waals surface area contributed by atoms with E-state index in [1.165, 1.54) is 0 Å². The van der Waals surface area contributed by atoms with Crippen LogP contribution < -0.4 is 9.64 Å². The highest BCUT2D eigenvalue weighted by Crippen LogP contribution is 2.27. The molecule has 0 unspecified atom stereocenters. The molecule has 7 heteroatoms. The van der Waals surface area contributed by atoms with Crippen molar-refractivity contribution in [2.45, 2.75) is 19.9 Å². The van der Waals surface area contributed by atoms with Gasteiger partial charge in [-0.25, -0.2) is 0 Å². The molecule has 2 heterocycles. The van der Waals surface area contributed by atoms with E-state index in [0.717, 1.165) is 11.4 Å². The van der Waals surface area contributed by atoms with Gasteiger partial charge in [0.2, 0.25) is 11.8 Å². The van der Waals surface area contributed by atoms with Gasteiger partial charge < -0.3 is 19.1 Å². The quantitative estimate of drug-likeness (QED) is 0.830. The second-order valence-electron chi connectivity index (χ2n) is 6.23. The highest BCUT2D eigenvalue weighted by Gasteiger charge is 2.36. The van der Waals surface area contributed by atoms with Crippen LogP contribution in [-0.4, -0.2) is 42.6 Å². The highest BCUT2D eigenvalue weighted by molar-refractivity contribution is 6.00. The molecule has 25 heavy (non-hydrogen) atoms. The first-order valence-electron chi connectivity index (χ1n) is 8.09. The summed E-state index contributed by atoms with van der Waals surface area (Å²) in [4.78, 5) is 28.2. The Balaban J connectivity index is 1.65. The minimum atomic E-state index is -0.354. The molecule has 1 aliphatic rings. The molecule has 1 atom stereocenters. The van der Waals surface area contributed by atoms with E-state index in [-0.39, 0.29) is 24.2 Å². The fourth-order valence-electron chi connectivity index (χ4n) is 3.01. The van der Waals surface area contributed by atoms with Crippen molar-refractivity contribution in [3.8, 4) is 5.75 Å². The van der Waals surface area contributed by atoms with Crippen LogP contribution >= 0.6 is 0 Å². The van der Waals surface area contributed by atoms with E-state index in [1.54, 1.807) is 49.1 Å². The van der Waals surface area contributed by atoms with Gasteiger partial charge in [0.25, 0.3) is 0 Å². The molecule has 1 fully saturated rings. The Morgan fingerprint density at radius 1 is 1.40 bits per heavy atom. The maximum atomic E-state index is 12.6. The average molecular weight is 343 g/mol. The maximum Gasteiger partial charge on any atom is 0.228 e. The van der Waals surface area contributed by atoms with Crippen molar-refractivity contribution in [3.63, 3.8) is 0 Å². The summed E-state index contributed by atoms with van der Waals surface area (Å²) >= 11 is 0. The minimum absolute atomic E-state index is 0.0470. The molecule has 2 amide bonds. The molecule has 2 aromatic rings. The Labute approximate surface area is 146 Å². The Kier molecular flexibility index (Phi) is 4.74. The number of rotatable bonds is 5. The van der Waals surface area contributed by atoms with Crippen molar-refractivity contribution in [3.05, 3.63) is 41.8 Å². The smallest absolute Gasteiger partial charge is 0.228 e. The molecule has 132 valence electrons. The molecular formula is C18H21N3O4. The lowest BCUT2D eigenvalue weighted by molar-refractivity contribution is -0.135. The van der Waals surface area contributed by atoms with Crippen LogP contribution in [0.5, 0.6) is 5.75 Å². The normalized spacial score (nSPS) is 17.0. The first-order valence-corrected chi connectivity index (χ1v) is 8.09. The van der Waals surface area contributed by atoms with Gasteiger partial charge in [0, 0.05) is 31.8 Å². The zero-order valence-corrected chi connectivity index (χ0v) is 14.6. The van der Waals surface area contributed by atoms with Crippen LogP contribution in [0.1, 0.15) is 17.9 Å². The third-order valence-corrected chi connectivity index (χ3v) is 4.31. The average Bonchev–Trinajstić information content (AvgIpc) is 3.20. The molecule has 0 aliphatic carbocycles. The topological polar surface area (TPSA) is 75.9 Å². The van der Waals surface area contributed by atoms with E-state index in [9.17, 15) is 9.59 Å². The number of nitrogens with zero attached hydrogens (tertiary/aromatic N) is 3. The summed E-state index contributed by atoms with van der Waals surface area (Å²) in [5, 5.41) is 3.90. The van der Waals surface area contributed by atoms with Crippen LogP contribution in [0.15, 0.2) is 34.9 Å². The first kappa shape index (κ1) is 17.0. The van der Waals surface area contributed by atoms with E-state index in [1.807, 2.05) is 12.1 Å². The number of anilines is 1. The second-order valence-corrected chi connectivity index (χ2v) is 6.23. The van der Waals surface area contributed by atoms with Crippen LogP contribution in [0.2, 0.25) is 0 Å². The first-order chi connectivity index (χ1) is 12.0. The molecule has 3 rings (SSSR count). The third kappa shape index (κ3) is 3.65. The van der Waals surface area contributed by atoms with Gasteiger partial charge in [0.1, 0.15) is 17.2 Å². The summed E-state index contributed by atoms with van der Waals surface area (Å²) in [6.07, 6.45) is 0.215. The second kappa shape index (κ2) is 6.96. The predicted octanol–water partition coefficient (Wildman–Crippen LogP) is 2.00. The number of carbonyl (C=O) groups is 2. The lowest BCUT2D eigenvalue weighted by Crippen LogP contribution is -2.34. The van der Waals surface area contributed by atoms with Crippen LogP contribution in [0.25, 0.3) is 0 Å². The minimum Gasteiger partial charge on any atom is -0.497 e. The van der Waals surface area contributed by atoms with Crippen molar-refractivity contribution in [1.82, 2.24) is 10.1 Å². The Hall–Kier alpha value is -2.83.